The van der Waals surface area contributed by atoms with Crippen LogP contribution in [0, 0.1) is 17.8 Å². The molecule has 1 N–H and O–H groups in total. The van der Waals surface area contributed by atoms with Gasteiger partial charge in [-0.15, -0.1) is 0 Å². The maximum atomic E-state index is 12.9. The lowest BCUT2D eigenvalue weighted by Crippen LogP contribution is -2.60. The van der Waals surface area contributed by atoms with Gasteiger partial charge in [0.05, 0.1) is 6.04 Å². The number of amides is 2. The molecule has 1 saturated heterocycles. The van der Waals surface area contributed by atoms with E-state index < -0.39 is 5.54 Å². The number of piperazine rings is 1. The highest BCUT2D eigenvalue weighted by atomic mass is 16.2. The maximum absolute atomic E-state index is 12.9. The van der Waals surface area contributed by atoms with Crippen molar-refractivity contribution in [2.45, 2.75) is 53.1 Å². The van der Waals surface area contributed by atoms with Gasteiger partial charge in [0.15, 0.2) is 0 Å². The van der Waals surface area contributed by atoms with E-state index in [1.807, 2.05) is 41.5 Å². The molecular weight excluding hydrogens is 254 g/mol. The summed E-state index contributed by atoms with van der Waals surface area (Å²) in [5, 5.41) is 2.96. The fourth-order valence-electron chi connectivity index (χ4n) is 3.32. The maximum Gasteiger partial charge on any atom is 0.256 e. The smallest absolute Gasteiger partial charge is 0.256 e. The third-order valence-corrected chi connectivity index (χ3v) is 4.49. The molecule has 2 aliphatic heterocycles. The van der Waals surface area contributed by atoms with E-state index in [1.165, 1.54) is 0 Å². The van der Waals surface area contributed by atoms with Crippen molar-refractivity contribution in [2.24, 2.45) is 22.7 Å². The van der Waals surface area contributed by atoms with E-state index in [9.17, 15) is 9.59 Å². The summed E-state index contributed by atoms with van der Waals surface area (Å²) in [4.78, 5) is 31.2. The van der Waals surface area contributed by atoms with Gasteiger partial charge in [-0.25, -0.2) is 0 Å². The first kappa shape index (κ1) is 15.0. The highest BCUT2D eigenvalue weighted by Crippen LogP contribution is 2.38. The minimum Gasteiger partial charge on any atom is -0.344 e. The monoisotopic (exact) mass is 279 g/mol. The van der Waals surface area contributed by atoms with Crippen molar-refractivity contribution >= 4 is 17.6 Å². The van der Waals surface area contributed by atoms with Crippen LogP contribution in [0.4, 0.5) is 0 Å². The van der Waals surface area contributed by atoms with Crippen molar-refractivity contribution in [3.63, 3.8) is 0 Å². The fourth-order valence-corrected chi connectivity index (χ4v) is 3.32. The number of rotatable bonds is 3. The molecule has 2 aliphatic rings. The zero-order valence-corrected chi connectivity index (χ0v) is 13.2. The Hall–Kier alpha value is -1.39. The molecule has 112 valence electrons. The molecule has 2 rings (SSSR count). The first-order valence-electron chi connectivity index (χ1n) is 7.42. The van der Waals surface area contributed by atoms with Gasteiger partial charge in [0.1, 0.15) is 17.9 Å². The molecular formula is C15H25N3O2. The molecule has 2 heterocycles. The van der Waals surface area contributed by atoms with Crippen LogP contribution in [0.15, 0.2) is 4.99 Å². The molecule has 0 aromatic rings. The van der Waals surface area contributed by atoms with Crippen LogP contribution in [-0.2, 0) is 9.59 Å². The van der Waals surface area contributed by atoms with Gasteiger partial charge >= 0.3 is 0 Å². The van der Waals surface area contributed by atoms with E-state index in [4.69, 9.17) is 4.99 Å². The summed E-state index contributed by atoms with van der Waals surface area (Å²) in [5.41, 5.74) is -0.727. The molecule has 2 amide bonds. The Kier molecular flexibility index (Phi) is 3.65. The van der Waals surface area contributed by atoms with Crippen LogP contribution in [0.5, 0.6) is 0 Å². The average molecular weight is 279 g/mol. The summed E-state index contributed by atoms with van der Waals surface area (Å²) in [6, 6.07) is -0.167. The lowest BCUT2D eigenvalue weighted by Gasteiger charge is -2.35. The SMILES string of the molecule is CC(C)C1NC(=O)CN2C(=O)C(C(C)C)(C(C)C)N=C12. The largest absolute Gasteiger partial charge is 0.344 e. The molecule has 1 fully saturated rings. The predicted octanol–water partition coefficient (Wildman–Crippen LogP) is 1.43. The second-order valence-corrected chi connectivity index (χ2v) is 6.79. The number of carbonyl (C=O) groups excluding carboxylic acids is 2. The number of hydrogen-bond acceptors (Lipinski definition) is 3. The van der Waals surface area contributed by atoms with Gasteiger partial charge in [-0.05, 0) is 17.8 Å². The van der Waals surface area contributed by atoms with Crippen molar-refractivity contribution in [3.05, 3.63) is 0 Å². The van der Waals surface area contributed by atoms with Crippen molar-refractivity contribution in [2.75, 3.05) is 6.54 Å². The number of fused-ring (bicyclic) bond motifs is 1. The zero-order chi connectivity index (χ0) is 15.2. The first-order chi connectivity index (χ1) is 9.21. The second kappa shape index (κ2) is 4.86. The molecule has 5 heteroatoms. The lowest BCUT2D eigenvalue weighted by molar-refractivity contribution is -0.138. The highest BCUT2D eigenvalue weighted by molar-refractivity contribution is 6.14. The molecule has 0 bridgehead atoms. The molecule has 0 radical (unpaired) electrons. The number of hydrogen-bond donors (Lipinski definition) is 1. The van der Waals surface area contributed by atoms with Crippen LogP contribution in [-0.4, -0.2) is 40.7 Å². The Bertz CT molecular complexity index is 458. The Morgan fingerprint density at radius 2 is 1.70 bits per heavy atom. The van der Waals surface area contributed by atoms with Crippen LogP contribution in [0.2, 0.25) is 0 Å². The number of aliphatic imine (C=N–C) groups is 1. The van der Waals surface area contributed by atoms with Gasteiger partial charge in [0.25, 0.3) is 5.91 Å². The lowest BCUT2D eigenvalue weighted by atomic mass is 9.77. The Morgan fingerprint density at radius 3 is 2.15 bits per heavy atom. The molecule has 0 spiro atoms. The molecule has 1 atom stereocenters. The van der Waals surface area contributed by atoms with Crippen molar-refractivity contribution in [1.29, 1.82) is 0 Å². The van der Waals surface area contributed by atoms with Crippen LogP contribution >= 0.6 is 0 Å². The van der Waals surface area contributed by atoms with Gasteiger partial charge in [0.2, 0.25) is 5.91 Å². The van der Waals surface area contributed by atoms with Crippen molar-refractivity contribution in [1.82, 2.24) is 10.2 Å². The topological polar surface area (TPSA) is 61.8 Å². The average Bonchev–Trinajstić information content (AvgIpc) is 2.63. The van der Waals surface area contributed by atoms with Gasteiger partial charge in [-0.3, -0.25) is 19.5 Å². The summed E-state index contributed by atoms with van der Waals surface area (Å²) in [7, 11) is 0. The first-order valence-corrected chi connectivity index (χ1v) is 7.42. The summed E-state index contributed by atoms with van der Waals surface area (Å²) in [6.45, 7) is 12.3. The quantitative estimate of drug-likeness (QED) is 0.849. The van der Waals surface area contributed by atoms with Crippen LogP contribution in [0.3, 0.4) is 0 Å². The normalized spacial score (nSPS) is 25.4. The Balaban J connectivity index is 2.52. The number of nitrogens with one attached hydrogen (secondary N) is 1. The van der Waals surface area contributed by atoms with Crippen molar-refractivity contribution in [3.8, 4) is 0 Å². The third-order valence-electron chi connectivity index (χ3n) is 4.49. The van der Waals surface area contributed by atoms with E-state index in [1.54, 1.807) is 4.90 Å². The van der Waals surface area contributed by atoms with Crippen LogP contribution in [0.25, 0.3) is 0 Å². The fraction of sp³-hybridized carbons (Fsp3) is 0.800. The Morgan fingerprint density at radius 1 is 1.15 bits per heavy atom. The second-order valence-electron chi connectivity index (χ2n) is 6.79. The molecule has 0 aliphatic carbocycles. The molecule has 5 nitrogen and oxygen atoms in total. The summed E-state index contributed by atoms with van der Waals surface area (Å²) in [5.74, 6) is 1.06. The van der Waals surface area contributed by atoms with Gasteiger partial charge in [-0.2, -0.15) is 0 Å². The van der Waals surface area contributed by atoms with Gasteiger partial charge in [-0.1, -0.05) is 41.5 Å². The molecule has 0 aromatic heterocycles. The highest BCUT2D eigenvalue weighted by Gasteiger charge is 2.55. The number of nitrogens with zero attached hydrogens (tertiary/aromatic N) is 2. The van der Waals surface area contributed by atoms with E-state index >= 15 is 0 Å². The van der Waals surface area contributed by atoms with Crippen LogP contribution in [0.1, 0.15) is 41.5 Å². The number of carbonyl (C=O) groups is 2. The number of amidine groups is 1. The standard InChI is InChI=1S/C15H25N3O2/c1-8(2)12-13-17-15(9(3)4,10(5)6)14(20)18(13)7-11(19)16-12/h8-10,12H,7H2,1-6H3,(H,16,19). The van der Waals surface area contributed by atoms with Crippen molar-refractivity contribution < 1.29 is 9.59 Å². The van der Waals surface area contributed by atoms with Gasteiger partial charge in [0, 0.05) is 0 Å². The van der Waals surface area contributed by atoms with Crippen LogP contribution < -0.4 is 5.32 Å². The van der Waals surface area contributed by atoms with Gasteiger partial charge < -0.3 is 5.32 Å². The van der Waals surface area contributed by atoms with E-state index in [-0.39, 0.29) is 42.2 Å². The minimum absolute atomic E-state index is 0.0157. The molecule has 0 aromatic carbocycles. The molecule has 20 heavy (non-hydrogen) atoms. The Labute approximate surface area is 120 Å². The zero-order valence-electron chi connectivity index (χ0n) is 13.2. The van der Waals surface area contributed by atoms with E-state index in [0.29, 0.717) is 0 Å². The summed E-state index contributed by atoms with van der Waals surface area (Å²) >= 11 is 0. The van der Waals surface area contributed by atoms with E-state index in [0.717, 1.165) is 5.84 Å². The summed E-state index contributed by atoms with van der Waals surface area (Å²) in [6.07, 6.45) is 0. The van der Waals surface area contributed by atoms with E-state index in [2.05, 4.69) is 5.32 Å². The predicted molar refractivity (Wildman–Crippen MR) is 78.3 cm³/mol. The minimum atomic E-state index is -0.727. The third kappa shape index (κ3) is 1.95. The molecule has 1 unspecified atom stereocenters. The molecule has 0 saturated carbocycles. The summed E-state index contributed by atoms with van der Waals surface area (Å²) < 4.78 is 0.